The van der Waals surface area contributed by atoms with E-state index in [0.717, 1.165) is 38.5 Å². The number of carbonyl (C=O) groups excluding carboxylic acids is 3. The van der Waals surface area contributed by atoms with E-state index >= 15 is 0 Å². The lowest BCUT2D eigenvalue weighted by Crippen LogP contribution is -2.58. The minimum absolute atomic E-state index is 0.00204. The molecule has 37 heavy (non-hydrogen) atoms. The van der Waals surface area contributed by atoms with Crippen LogP contribution in [0.25, 0.3) is 0 Å². The molecular formula is C29H47N3O5. The van der Waals surface area contributed by atoms with Crippen molar-refractivity contribution in [3.05, 3.63) is 25.3 Å². The number of nitrogens with zero attached hydrogens (tertiary/aromatic N) is 3. The minimum Gasteiger partial charge on any atom is -0.396 e. The highest BCUT2D eigenvalue weighted by molar-refractivity contribution is 5.99. The lowest BCUT2D eigenvalue weighted by Gasteiger charge is -2.39. The largest absolute Gasteiger partial charge is 0.396 e. The first-order valence-corrected chi connectivity index (χ1v) is 14.0. The molecule has 0 aliphatic carbocycles. The molecule has 6 atom stereocenters. The van der Waals surface area contributed by atoms with Gasteiger partial charge in [-0.25, -0.2) is 0 Å². The van der Waals surface area contributed by atoms with E-state index in [9.17, 15) is 14.4 Å². The summed E-state index contributed by atoms with van der Waals surface area (Å²) in [6, 6.07) is -0.760. The third-order valence-corrected chi connectivity index (χ3v) is 8.71. The van der Waals surface area contributed by atoms with Crippen LogP contribution in [0.1, 0.15) is 72.1 Å². The van der Waals surface area contributed by atoms with Gasteiger partial charge in [0.25, 0.3) is 0 Å². The summed E-state index contributed by atoms with van der Waals surface area (Å²) in [5, 5.41) is 9.13. The zero-order valence-corrected chi connectivity index (χ0v) is 23.3. The van der Waals surface area contributed by atoms with E-state index in [1.165, 1.54) is 0 Å². The Balaban J connectivity index is 2.01. The number of unbranched alkanes of at least 4 members (excludes halogenated alkanes) is 3. The van der Waals surface area contributed by atoms with Gasteiger partial charge in [0.1, 0.15) is 11.6 Å². The highest BCUT2D eigenvalue weighted by atomic mass is 16.5. The number of aliphatic hydroxyl groups excluding tert-OH is 1. The molecule has 1 N–H and O–H groups in total. The molecule has 8 heteroatoms. The quantitative estimate of drug-likeness (QED) is 0.266. The van der Waals surface area contributed by atoms with Gasteiger partial charge in [0.15, 0.2) is 0 Å². The van der Waals surface area contributed by atoms with E-state index in [1.54, 1.807) is 29.0 Å². The molecule has 3 saturated heterocycles. The zero-order valence-electron chi connectivity index (χ0n) is 23.3. The molecule has 8 nitrogen and oxygen atoms in total. The summed E-state index contributed by atoms with van der Waals surface area (Å²) in [5.74, 6) is -1.68. The minimum atomic E-state index is -1.01. The number of ether oxygens (including phenoxy) is 1. The smallest absolute Gasteiger partial charge is 0.248 e. The van der Waals surface area contributed by atoms with Crippen LogP contribution in [0.4, 0.5) is 0 Å². The SMILES string of the molecule is C=CCN(C)C(=O)[C@@H]1[C@H]2C(=O)N(CCCCCCO)C(C(=O)N(CC=C)C(C)CCC)C23CC[C@@]1(C)O3. The lowest BCUT2D eigenvalue weighted by atomic mass is 9.66. The van der Waals surface area contributed by atoms with Crippen LogP contribution in [-0.2, 0) is 19.1 Å². The van der Waals surface area contributed by atoms with Gasteiger partial charge in [-0.15, -0.1) is 13.2 Å². The first kappa shape index (κ1) is 29.4. The summed E-state index contributed by atoms with van der Waals surface area (Å²) >= 11 is 0. The maximum Gasteiger partial charge on any atom is 0.248 e. The van der Waals surface area contributed by atoms with Crippen LogP contribution in [0, 0.1) is 11.8 Å². The Bertz CT molecular complexity index is 878. The Hall–Kier alpha value is -2.19. The molecule has 3 heterocycles. The van der Waals surface area contributed by atoms with Gasteiger partial charge in [0.05, 0.1) is 17.4 Å². The first-order chi connectivity index (χ1) is 17.6. The molecule has 0 aromatic heterocycles. The van der Waals surface area contributed by atoms with Crippen LogP contribution in [0.5, 0.6) is 0 Å². The van der Waals surface area contributed by atoms with Crippen LogP contribution in [-0.4, -0.2) is 94.1 Å². The van der Waals surface area contributed by atoms with E-state index in [1.807, 2.05) is 18.7 Å². The number of aliphatic hydroxyl groups is 1. The summed E-state index contributed by atoms with van der Waals surface area (Å²) < 4.78 is 6.74. The average Bonchev–Trinajstić information content (AvgIpc) is 3.42. The van der Waals surface area contributed by atoms with Gasteiger partial charge >= 0.3 is 0 Å². The lowest BCUT2D eigenvalue weighted by molar-refractivity contribution is -0.154. The number of rotatable bonds is 15. The standard InChI is InChI=1S/C29H47N3O5/c1-7-14-21(4)31(18-9-3)27(36)24-29-16-15-28(5,37-29)22(25(34)30(6)17-8-2)23(29)26(35)32(24)19-12-10-11-13-20-33/h8-9,21-24,33H,2-3,7,10-20H2,1,4-6H3/t21?,22-,23-,24?,28+,29?/m0/s1. The second-order valence-corrected chi connectivity index (χ2v) is 11.3. The van der Waals surface area contributed by atoms with E-state index in [2.05, 4.69) is 20.1 Å². The number of hydrogen-bond acceptors (Lipinski definition) is 5. The van der Waals surface area contributed by atoms with Crippen molar-refractivity contribution >= 4 is 17.7 Å². The van der Waals surface area contributed by atoms with Gasteiger partial charge in [0, 0.05) is 39.3 Å². The monoisotopic (exact) mass is 517 g/mol. The van der Waals surface area contributed by atoms with Crippen LogP contribution >= 0.6 is 0 Å². The number of likely N-dealkylation sites (tertiary alicyclic amines) is 1. The van der Waals surface area contributed by atoms with Crippen molar-refractivity contribution in [1.29, 1.82) is 0 Å². The molecule has 0 saturated carbocycles. The summed E-state index contributed by atoms with van der Waals surface area (Å²) in [6.45, 7) is 15.1. The van der Waals surface area contributed by atoms with Crippen molar-refractivity contribution in [2.45, 2.75) is 95.4 Å². The molecule has 3 fully saturated rings. The summed E-state index contributed by atoms with van der Waals surface area (Å²) in [7, 11) is 1.73. The molecule has 0 radical (unpaired) electrons. The number of hydrogen-bond donors (Lipinski definition) is 1. The molecule has 0 aromatic carbocycles. The van der Waals surface area contributed by atoms with Gasteiger partial charge in [-0.1, -0.05) is 38.3 Å². The van der Waals surface area contributed by atoms with Gasteiger partial charge in [-0.05, 0) is 46.0 Å². The van der Waals surface area contributed by atoms with Crippen LogP contribution in [0.2, 0.25) is 0 Å². The van der Waals surface area contributed by atoms with E-state index < -0.39 is 29.1 Å². The van der Waals surface area contributed by atoms with Gasteiger partial charge < -0.3 is 24.5 Å². The Morgan fingerprint density at radius 2 is 1.84 bits per heavy atom. The topological polar surface area (TPSA) is 90.4 Å². The molecule has 3 aliphatic heterocycles. The fourth-order valence-corrected chi connectivity index (χ4v) is 6.95. The molecule has 3 rings (SSSR count). The fraction of sp³-hybridized carbons (Fsp3) is 0.759. The van der Waals surface area contributed by atoms with Crippen LogP contribution in [0.3, 0.4) is 0 Å². The van der Waals surface area contributed by atoms with E-state index in [0.29, 0.717) is 32.5 Å². The van der Waals surface area contributed by atoms with Crippen molar-refractivity contribution in [3.63, 3.8) is 0 Å². The highest BCUT2D eigenvalue weighted by Gasteiger charge is 2.78. The Kier molecular flexibility index (Phi) is 9.62. The normalized spacial score (nSPS) is 30.8. The number of carbonyl (C=O) groups is 3. The highest BCUT2D eigenvalue weighted by Crippen LogP contribution is 2.63. The maximum atomic E-state index is 14.3. The summed E-state index contributed by atoms with van der Waals surface area (Å²) in [4.78, 5) is 47.3. The average molecular weight is 518 g/mol. The molecule has 3 amide bonds. The Morgan fingerprint density at radius 1 is 1.16 bits per heavy atom. The predicted octanol–water partition coefficient (Wildman–Crippen LogP) is 3.15. The second kappa shape index (κ2) is 12.1. The van der Waals surface area contributed by atoms with Crippen molar-refractivity contribution in [2.24, 2.45) is 11.8 Å². The van der Waals surface area contributed by atoms with Gasteiger partial charge in [-0.3, -0.25) is 14.4 Å². The summed E-state index contributed by atoms with van der Waals surface area (Å²) in [6.07, 6.45) is 9.59. The van der Waals surface area contributed by atoms with Gasteiger partial charge in [0.2, 0.25) is 17.7 Å². The van der Waals surface area contributed by atoms with Crippen LogP contribution < -0.4 is 0 Å². The molecule has 208 valence electrons. The Labute approximate surface area is 222 Å². The van der Waals surface area contributed by atoms with Gasteiger partial charge in [-0.2, -0.15) is 0 Å². The molecule has 3 aliphatic rings. The first-order valence-electron chi connectivity index (χ1n) is 14.0. The maximum absolute atomic E-state index is 14.3. The van der Waals surface area contributed by atoms with E-state index in [4.69, 9.17) is 9.84 Å². The number of fused-ring (bicyclic) bond motifs is 1. The van der Waals surface area contributed by atoms with Crippen molar-refractivity contribution < 1.29 is 24.2 Å². The van der Waals surface area contributed by atoms with Crippen molar-refractivity contribution in [1.82, 2.24) is 14.7 Å². The zero-order chi connectivity index (χ0) is 27.4. The molecular weight excluding hydrogens is 470 g/mol. The third-order valence-electron chi connectivity index (χ3n) is 8.71. The van der Waals surface area contributed by atoms with Crippen LogP contribution in [0.15, 0.2) is 25.3 Å². The predicted molar refractivity (Wildman–Crippen MR) is 144 cm³/mol. The fourth-order valence-electron chi connectivity index (χ4n) is 6.95. The Morgan fingerprint density at radius 3 is 2.46 bits per heavy atom. The van der Waals surface area contributed by atoms with Crippen molar-refractivity contribution in [2.75, 3.05) is 33.3 Å². The number of likely N-dealkylation sites (N-methyl/N-ethyl adjacent to an activating group) is 1. The third kappa shape index (κ3) is 5.24. The summed E-state index contributed by atoms with van der Waals surface area (Å²) in [5.41, 5.74) is -1.79. The number of amides is 3. The van der Waals surface area contributed by atoms with E-state index in [-0.39, 0.29) is 30.4 Å². The van der Waals surface area contributed by atoms with Crippen molar-refractivity contribution in [3.8, 4) is 0 Å². The second-order valence-electron chi connectivity index (χ2n) is 11.3. The molecule has 2 bridgehead atoms. The molecule has 3 unspecified atom stereocenters. The molecule has 1 spiro atoms. The molecule has 0 aromatic rings.